The van der Waals surface area contributed by atoms with Crippen LogP contribution < -0.4 is 11.1 Å². The van der Waals surface area contributed by atoms with E-state index in [9.17, 15) is 4.79 Å². The highest BCUT2D eigenvalue weighted by atomic mass is 32.1. The summed E-state index contributed by atoms with van der Waals surface area (Å²) in [6.07, 6.45) is 0. The lowest BCUT2D eigenvalue weighted by Gasteiger charge is -2.02. The summed E-state index contributed by atoms with van der Waals surface area (Å²) in [6.45, 7) is 0.327. The molecule has 0 saturated carbocycles. The van der Waals surface area contributed by atoms with Crippen LogP contribution in [-0.2, 0) is 6.54 Å². The van der Waals surface area contributed by atoms with Crippen molar-refractivity contribution < 1.29 is 4.79 Å². The van der Waals surface area contributed by atoms with Crippen LogP contribution in [0.4, 0.5) is 5.13 Å². The number of hydrogen-bond donors (Lipinski definition) is 2. The molecule has 0 fully saturated rings. The Morgan fingerprint density at radius 1 is 1.50 bits per heavy atom. The van der Waals surface area contributed by atoms with Crippen LogP contribution in [0.15, 0.2) is 24.3 Å². The highest BCUT2D eigenvalue weighted by Gasteiger charge is 2.10. The molecule has 0 unspecified atom stereocenters. The topological polar surface area (TPSA) is 105 Å². The molecule has 0 spiro atoms. The Balaban J connectivity index is 1.99. The maximum atomic E-state index is 11.7. The number of nitrogens with one attached hydrogen (secondary N) is 1. The quantitative estimate of drug-likeness (QED) is 0.852. The molecule has 1 aromatic carbocycles. The van der Waals surface area contributed by atoms with Gasteiger partial charge in [-0.3, -0.25) is 4.79 Å². The third-order valence-corrected chi connectivity index (χ3v) is 2.90. The maximum absolute atomic E-state index is 11.7. The Bertz CT molecular complexity index is 616. The second-order valence-electron chi connectivity index (χ2n) is 3.44. The lowest BCUT2D eigenvalue weighted by molar-refractivity contribution is 0.0950. The van der Waals surface area contributed by atoms with Gasteiger partial charge in [-0.2, -0.15) is 5.26 Å². The molecule has 0 saturated heterocycles. The molecule has 2 aromatic rings. The normalized spacial score (nSPS) is 9.72. The van der Waals surface area contributed by atoms with Gasteiger partial charge in [0.15, 0.2) is 0 Å². The van der Waals surface area contributed by atoms with Gasteiger partial charge >= 0.3 is 0 Å². The number of rotatable bonds is 3. The van der Waals surface area contributed by atoms with Gasteiger partial charge in [-0.1, -0.05) is 23.5 Å². The van der Waals surface area contributed by atoms with Crippen LogP contribution in [-0.4, -0.2) is 16.1 Å². The number of hydrogen-bond acceptors (Lipinski definition) is 6. The van der Waals surface area contributed by atoms with Crippen molar-refractivity contribution in [1.82, 2.24) is 15.5 Å². The van der Waals surface area contributed by atoms with Crippen molar-refractivity contribution in [3.63, 3.8) is 0 Å². The van der Waals surface area contributed by atoms with Crippen molar-refractivity contribution >= 4 is 22.4 Å². The number of carbonyl (C=O) groups excluding carboxylic acids is 1. The van der Waals surface area contributed by atoms with Gasteiger partial charge in [-0.05, 0) is 17.7 Å². The van der Waals surface area contributed by atoms with E-state index < -0.39 is 0 Å². The molecule has 0 aliphatic heterocycles. The van der Waals surface area contributed by atoms with Gasteiger partial charge in [0.1, 0.15) is 0 Å². The Morgan fingerprint density at radius 2 is 2.33 bits per heavy atom. The van der Waals surface area contributed by atoms with Crippen molar-refractivity contribution in [2.75, 3.05) is 5.73 Å². The summed E-state index contributed by atoms with van der Waals surface area (Å²) >= 11 is 1.03. The maximum Gasteiger partial charge on any atom is 0.282 e. The van der Waals surface area contributed by atoms with Crippen molar-refractivity contribution in [1.29, 1.82) is 5.26 Å². The molecule has 7 heteroatoms. The molecule has 2 rings (SSSR count). The molecule has 1 aromatic heterocycles. The third-order valence-electron chi connectivity index (χ3n) is 2.14. The van der Waals surface area contributed by atoms with Crippen LogP contribution in [0.2, 0.25) is 0 Å². The average molecular weight is 259 g/mol. The van der Waals surface area contributed by atoms with Crippen LogP contribution in [0.3, 0.4) is 0 Å². The van der Waals surface area contributed by atoms with E-state index in [1.807, 2.05) is 12.1 Å². The van der Waals surface area contributed by atoms with Gasteiger partial charge in [-0.25, -0.2) is 0 Å². The van der Waals surface area contributed by atoms with E-state index >= 15 is 0 Å². The first-order valence-corrected chi connectivity index (χ1v) is 5.87. The minimum Gasteiger partial charge on any atom is -0.374 e. The molecule has 0 aliphatic rings. The van der Waals surface area contributed by atoms with E-state index in [1.165, 1.54) is 0 Å². The SMILES string of the molecule is N#Cc1cccc(CNC(=O)c2nnc(N)s2)c1. The monoisotopic (exact) mass is 259 g/mol. The van der Waals surface area contributed by atoms with Crippen LogP contribution in [0.5, 0.6) is 0 Å². The smallest absolute Gasteiger partial charge is 0.282 e. The number of nitrogen functional groups attached to an aromatic ring is 1. The molecule has 6 nitrogen and oxygen atoms in total. The van der Waals surface area contributed by atoms with E-state index in [2.05, 4.69) is 15.5 Å². The third kappa shape index (κ3) is 2.81. The zero-order valence-electron chi connectivity index (χ0n) is 9.25. The molecule has 0 radical (unpaired) electrons. The second-order valence-corrected chi connectivity index (χ2v) is 4.45. The standard InChI is InChI=1S/C11H9N5OS/c12-5-7-2-1-3-8(4-7)6-14-9(17)10-15-16-11(13)18-10/h1-4H,6H2,(H2,13,16)(H,14,17). The summed E-state index contributed by atoms with van der Waals surface area (Å²) in [4.78, 5) is 11.7. The molecule has 0 aliphatic carbocycles. The molecule has 3 N–H and O–H groups in total. The number of anilines is 1. The summed E-state index contributed by atoms with van der Waals surface area (Å²) in [5.74, 6) is -0.327. The number of nitriles is 1. The van der Waals surface area contributed by atoms with Gasteiger partial charge < -0.3 is 11.1 Å². The lowest BCUT2D eigenvalue weighted by Crippen LogP contribution is -2.22. The summed E-state index contributed by atoms with van der Waals surface area (Å²) < 4.78 is 0. The Labute approximate surface area is 107 Å². The van der Waals surface area contributed by atoms with Crippen molar-refractivity contribution in [2.24, 2.45) is 0 Å². The molecular formula is C11H9N5OS. The predicted octanol–water partition coefficient (Wildman–Crippen LogP) is 0.922. The van der Waals surface area contributed by atoms with E-state index in [0.717, 1.165) is 16.9 Å². The second kappa shape index (κ2) is 5.25. The Morgan fingerprint density at radius 3 is 3.00 bits per heavy atom. The first kappa shape index (κ1) is 12.0. The number of benzene rings is 1. The summed E-state index contributed by atoms with van der Waals surface area (Å²) in [5, 5.41) is 19.1. The molecule has 0 atom stereocenters. The van der Waals surface area contributed by atoms with Crippen molar-refractivity contribution in [3.8, 4) is 6.07 Å². The van der Waals surface area contributed by atoms with E-state index in [-0.39, 0.29) is 16.0 Å². The first-order chi connectivity index (χ1) is 8.69. The minimum atomic E-state index is -0.327. The van der Waals surface area contributed by atoms with Crippen LogP contribution in [0.1, 0.15) is 20.9 Å². The molecule has 1 amide bonds. The fraction of sp³-hybridized carbons (Fsp3) is 0.0909. The van der Waals surface area contributed by atoms with E-state index in [1.54, 1.807) is 18.2 Å². The van der Waals surface area contributed by atoms with Gasteiger partial charge in [0.05, 0.1) is 11.6 Å². The Hall–Kier alpha value is -2.46. The molecule has 0 bridgehead atoms. The number of nitrogens with zero attached hydrogens (tertiary/aromatic N) is 3. The van der Waals surface area contributed by atoms with Crippen molar-refractivity contribution in [2.45, 2.75) is 6.54 Å². The first-order valence-electron chi connectivity index (χ1n) is 5.05. The molecule has 18 heavy (non-hydrogen) atoms. The highest BCUT2D eigenvalue weighted by molar-refractivity contribution is 7.16. The minimum absolute atomic E-state index is 0.226. The van der Waals surface area contributed by atoms with Gasteiger partial charge in [-0.15, -0.1) is 10.2 Å². The largest absolute Gasteiger partial charge is 0.374 e. The van der Waals surface area contributed by atoms with Gasteiger partial charge in [0.25, 0.3) is 5.91 Å². The fourth-order valence-electron chi connectivity index (χ4n) is 1.34. The van der Waals surface area contributed by atoms with Gasteiger partial charge in [0, 0.05) is 6.54 Å². The van der Waals surface area contributed by atoms with Crippen LogP contribution in [0.25, 0.3) is 0 Å². The van der Waals surface area contributed by atoms with Crippen LogP contribution in [0, 0.1) is 11.3 Å². The summed E-state index contributed by atoms with van der Waals surface area (Å²) in [6, 6.07) is 9.06. The summed E-state index contributed by atoms with van der Waals surface area (Å²) in [5.41, 5.74) is 6.79. The number of aromatic nitrogens is 2. The van der Waals surface area contributed by atoms with Crippen molar-refractivity contribution in [3.05, 3.63) is 40.4 Å². The zero-order valence-corrected chi connectivity index (χ0v) is 10.1. The lowest BCUT2D eigenvalue weighted by atomic mass is 10.1. The molecular weight excluding hydrogens is 250 g/mol. The van der Waals surface area contributed by atoms with Gasteiger partial charge in [0.2, 0.25) is 10.1 Å². The zero-order chi connectivity index (χ0) is 13.0. The number of carbonyl (C=O) groups is 1. The number of nitrogens with two attached hydrogens (primary N) is 1. The van der Waals surface area contributed by atoms with Crippen LogP contribution >= 0.6 is 11.3 Å². The molecule has 1 heterocycles. The summed E-state index contributed by atoms with van der Waals surface area (Å²) in [7, 11) is 0. The Kier molecular flexibility index (Phi) is 3.50. The fourth-order valence-corrected chi connectivity index (χ4v) is 1.86. The number of amides is 1. The highest BCUT2D eigenvalue weighted by Crippen LogP contribution is 2.11. The average Bonchev–Trinajstić information content (AvgIpc) is 2.83. The predicted molar refractivity (Wildman–Crippen MR) is 66.6 cm³/mol. The van der Waals surface area contributed by atoms with E-state index in [4.69, 9.17) is 11.0 Å². The molecule has 90 valence electrons. The van der Waals surface area contributed by atoms with E-state index in [0.29, 0.717) is 12.1 Å².